The molecule has 0 aliphatic rings. The quantitative estimate of drug-likeness (QED) is 0.627. The molecule has 0 aromatic carbocycles. The van der Waals surface area contributed by atoms with Gasteiger partial charge in [-0.3, -0.25) is 0 Å². The minimum Gasteiger partial charge on any atom is -0.375 e. The first kappa shape index (κ1) is 8.40. The molecule has 0 saturated heterocycles. The van der Waals surface area contributed by atoms with Gasteiger partial charge in [0.2, 0.25) is 0 Å². The van der Waals surface area contributed by atoms with Gasteiger partial charge in [-0.05, 0) is 18.4 Å². The second kappa shape index (κ2) is 3.62. The van der Waals surface area contributed by atoms with E-state index in [-0.39, 0.29) is 0 Å². The van der Waals surface area contributed by atoms with Gasteiger partial charge in [-0.2, -0.15) is 0 Å². The first-order chi connectivity index (χ1) is 5.25. The van der Waals surface area contributed by atoms with Crippen LogP contribution < -0.4 is 4.90 Å². The van der Waals surface area contributed by atoms with Gasteiger partial charge < -0.3 is 4.90 Å². The van der Waals surface area contributed by atoms with Gasteiger partial charge in [0.1, 0.15) is 5.03 Å². The lowest BCUT2D eigenvalue weighted by Crippen LogP contribution is -2.10. The minimum absolute atomic E-state index is 1.08. The molecular formula is C8H12N2S. The van der Waals surface area contributed by atoms with E-state index in [1.807, 2.05) is 32.6 Å². The third-order valence-electron chi connectivity index (χ3n) is 1.43. The normalized spacial score (nSPS) is 9.73. The second-order valence-corrected chi connectivity index (χ2v) is 3.22. The van der Waals surface area contributed by atoms with Gasteiger partial charge in [0.25, 0.3) is 0 Å². The van der Waals surface area contributed by atoms with Gasteiger partial charge in [-0.1, -0.05) is 0 Å². The lowest BCUT2D eigenvalue weighted by molar-refractivity contribution is 1.03. The fraction of sp³-hybridized carbons (Fsp3) is 0.375. The minimum atomic E-state index is 1.08. The Hall–Kier alpha value is -0.700. The van der Waals surface area contributed by atoms with Crippen molar-refractivity contribution < 1.29 is 0 Å². The van der Waals surface area contributed by atoms with Crippen LogP contribution in [0, 0.1) is 0 Å². The van der Waals surface area contributed by atoms with Gasteiger partial charge >= 0.3 is 0 Å². The molecule has 0 unspecified atom stereocenters. The van der Waals surface area contributed by atoms with E-state index in [4.69, 9.17) is 0 Å². The third kappa shape index (κ3) is 1.87. The SMILES string of the molecule is CSc1ncccc1N(C)C. The fourth-order valence-electron chi connectivity index (χ4n) is 0.880. The molecule has 0 atom stereocenters. The van der Waals surface area contributed by atoms with Crippen LogP contribution >= 0.6 is 11.8 Å². The summed E-state index contributed by atoms with van der Waals surface area (Å²) in [5.41, 5.74) is 1.18. The van der Waals surface area contributed by atoms with E-state index >= 15 is 0 Å². The molecule has 1 rings (SSSR count). The number of anilines is 1. The molecule has 0 aliphatic carbocycles. The average Bonchev–Trinajstić information content (AvgIpc) is 2.04. The highest BCUT2D eigenvalue weighted by atomic mass is 32.2. The number of thioether (sulfide) groups is 1. The Labute approximate surface area is 71.6 Å². The molecule has 0 radical (unpaired) electrons. The van der Waals surface area contributed by atoms with Crippen molar-refractivity contribution in [3.8, 4) is 0 Å². The number of aromatic nitrogens is 1. The van der Waals surface area contributed by atoms with E-state index in [2.05, 4.69) is 16.0 Å². The molecule has 0 amide bonds. The maximum absolute atomic E-state index is 4.24. The lowest BCUT2D eigenvalue weighted by atomic mass is 10.4. The summed E-state index contributed by atoms with van der Waals surface area (Å²) in [6.45, 7) is 0. The summed E-state index contributed by atoms with van der Waals surface area (Å²) in [6.07, 6.45) is 3.86. The first-order valence-electron chi connectivity index (χ1n) is 3.42. The maximum atomic E-state index is 4.24. The van der Waals surface area contributed by atoms with E-state index in [0.29, 0.717) is 0 Å². The van der Waals surface area contributed by atoms with Crippen molar-refractivity contribution in [2.24, 2.45) is 0 Å². The second-order valence-electron chi connectivity index (χ2n) is 2.43. The van der Waals surface area contributed by atoms with Crippen molar-refractivity contribution in [3.63, 3.8) is 0 Å². The highest BCUT2D eigenvalue weighted by molar-refractivity contribution is 7.98. The van der Waals surface area contributed by atoms with E-state index in [1.54, 1.807) is 11.8 Å². The Morgan fingerprint density at radius 1 is 1.45 bits per heavy atom. The summed E-state index contributed by atoms with van der Waals surface area (Å²) >= 11 is 1.67. The van der Waals surface area contributed by atoms with Crippen LogP contribution in [0.25, 0.3) is 0 Å². The van der Waals surface area contributed by atoms with E-state index in [0.717, 1.165) is 5.03 Å². The molecule has 0 spiro atoms. The first-order valence-corrected chi connectivity index (χ1v) is 4.64. The predicted octanol–water partition coefficient (Wildman–Crippen LogP) is 1.87. The van der Waals surface area contributed by atoms with E-state index < -0.39 is 0 Å². The van der Waals surface area contributed by atoms with Crippen LogP contribution in [-0.2, 0) is 0 Å². The van der Waals surface area contributed by atoms with Crippen LogP contribution in [0.5, 0.6) is 0 Å². The fourth-order valence-corrected chi connectivity index (χ4v) is 1.51. The molecule has 1 aromatic rings. The van der Waals surface area contributed by atoms with E-state index in [1.165, 1.54) is 5.69 Å². The van der Waals surface area contributed by atoms with Gasteiger partial charge in [-0.25, -0.2) is 4.98 Å². The van der Waals surface area contributed by atoms with Crippen molar-refractivity contribution in [3.05, 3.63) is 18.3 Å². The average molecular weight is 168 g/mol. The van der Waals surface area contributed by atoms with E-state index in [9.17, 15) is 0 Å². The highest BCUT2D eigenvalue weighted by Crippen LogP contribution is 2.23. The topological polar surface area (TPSA) is 16.1 Å². The van der Waals surface area contributed by atoms with Crippen molar-refractivity contribution in [2.45, 2.75) is 5.03 Å². The van der Waals surface area contributed by atoms with Crippen LogP contribution in [-0.4, -0.2) is 25.3 Å². The van der Waals surface area contributed by atoms with Crippen LogP contribution in [0.1, 0.15) is 0 Å². The molecule has 3 heteroatoms. The summed E-state index contributed by atoms with van der Waals surface area (Å²) in [7, 11) is 4.05. The van der Waals surface area contributed by atoms with Crippen LogP contribution in [0.3, 0.4) is 0 Å². The van der Waals surface area contributed by atoms with Crippen LogP contribution in [0.4, 0.5) is 5.69 Å². The summed E-state index contributed by atoms with van der Waals surface area (Å²) in [4.78, 5) is 6.31. The summed E-state index contributed by atoms with van der Waals surface area (Å²) < 4.78 is 0. The van der Waals surface area contributed by atoms with Gasteiger partial charge in [0.05, 0.1) is 5.69 Å². The van der Waals surface area contributed by atoms with Crippen LogP contribution in [0.15, 0.2) is 23.4 Å². The Bertz CT molecular complexity index is 235. The summed E-state index contributed by atoms with van der Waals surface area (Å²) in [5.74, 6) is 0. The number of hydrogen-bond donors (Lipinski definition) is 0. The molecule has 0 N–H and O–H groups in total. The Kier molecular flexibility index (Phi) is 2.76. The molecule has 1 aromatic heterocycles. The lowest BCUT2D eigenvalue weighted by Gasteiger charge is -2.14. The number of nitrogens with zero attached hydrogens (tertiary/aromatic N) is 2. The van der Waals surface area contributed by atoms with Crippen molar-refractivity contribution in [1.29, 1.82) is 0 Å². The molecule has 0 bridgehead atoms. The molecule has 2 nitrogen and oxygen atoms in total. The summed E-state index contributed by atoms with van der Waals surface area (Å²) in [6, 6.07) is 4.02. The molecule has 0 saturated carbocycles. The maximum Gasteiger partial charge on any atom is 0.119 e. The molecule has 60 valence electrons. The highest BCUT2D eigenvalue weighted by Gasteiger charge is 2.01. The smallest absolute Gasteiger partial charge is 0.119 e. The molecule has 0 fully saturated rings. The third-order valence-corrected chi connectivity index (χ3v) is 2.13. The molecule has 1 heterocycles. The zero-order valence-electron chi connectivity index (χ0n) is 7.03. The Morgan fingerprint density at radius 3 is 2.64 bits per heavy atom. The summed E-state index contributed by atoms with van der Waals surface area (Å²) in [5, 5.41) is 1.08. The molecular weight excluding hydrogens is 156 g/mol. The van der Waals surface area contributed by atoms with Crippen molar-refractivity contribution in [2.75, 3.05) is 25.3 Å². The number of pyridine rings is 1. The predicted molar refractivity (Wildman–Crippen MR) is 50.3 cm³/mol. The zero-order valence-corrected chi connectivity index (χ0v) is 7.85. The monoisotopic (exact) mass is 168 g/mol. The van der Waals surface area contributed by atoms with Gasteiger partial charge in [-0.15, -0.1) is 11.8 Å². The number of hydrogen-bond acceptors (Lipinski definition) is 3. The van der Waals surface area contributed by atoms with Crippen molar-refractivity contribution >= 4 is 17.4 Å². The van der Waals surface area contributed by atoms with Crippen molar-refractivity contribution in [1.82, 2.24) is 4.98 Å². The standard InChI is InChI=1S/C8H12N2S/c1-10(2)7-5-4-6-9-8(7)11-3/h4-6H,1-3H3. The van der Waals surface area contributed by atoms with Gasteiger partial charge in [0.15, 0.2) is 0 Å². The number of rotatable bonds is 2. The largest absolute Gasteiger partial charge is 0.375 e. The molecule has 11 heavy (non-hydrogen) atoms. The Balaban J connectivity index is 3.02. The Morgan fingerprint density at radius 2 is 2.18 bits per heavy atom. The molecule has 0 aliphatic heterocycles. The van der Waals surface area contributed by atoms with Crippen LogP contribution in [0.2, 0.25) is 0 Å². The van der Waals surface area contributed by atoms with Gasteiger partial charge in [0, 0.05) is 20.3 Å². The zero-order chi connectivity index (χ0) is 8.27.